The zero-order chi connectivity index (χ0) is 22.5. The van der Waals surface area contributed by atoms with Gasteiger partial charge in [0.25, 0.3) is 5.91 Å². The molecule has 0 aliphatic carbocycles. The molecule has 0 radical (unpaired) electrons. The molecular weight excluding hydrogens is 394 g/mol. The summed E-state index contributed by atoms with van der Waals surface area (Å²) in [5, 5.41) is 2.65. The van der Waals surface area contributed by atoms with Gasteiger partial charge < -0.3 is 9.72 Å². The number of ether oxygens (including phenoxy) is 1. The van der Waals surface area contributed by atoms with Crippen molar-refractivity contribution in [1.82, 2.24) is 9.97 Å². The lowest BCUT2D eigenvalue weighted by atomic mass is 9.96. The van der Waals surface area contributed by atoms with E-state index in [1.807, 2.05) is 32.9 Å². The number of H-pyrrole nitrogens is 1. The quantitative estimate of drug-likeness (QED) is 0.440. The summed E-state index contributed by atoms with van der Waals surface area (Å²) in [6.45, 7) is 7.71. The molecule has 2 N–H and O–H groups in total. The van der Waals surface area contributed by atoms with Crippen LogP contribution in [0.3, 0.4) is 0 Å². The first-order valence-corrected chi connectivity index (χ1v) is 10.1. The summed E-state index contributed by atoms with van der Waals surface area (Å²) in [7, 11) is 0. The number of nitrogens with zero attached hydrogens (tertiary/aromatic N) is 1. The maximum absolute atomic E-state index is 13.1. The minimum absolute atomic E-state index is 0.123. The van der Waals surface area contributed by atoms with Gasteiger partial charge in [-0.3, -0.25) is 14.9 Å². The Morgan fingerprint density at radius 2 is 1.71 bits per heavy atom. The smallest absolute Gasteiger partial charge is 0.358 e. The van der Waals surface area contributed by atoms with E-state index in [0.717, 1.165) is 11.1 Å². The molecule has 160 valence electrons. The van der Waals surface area contributed by atoms with Gasteiger partial charge in [-0.15, -0.1) is 0 Å². The van der Waals surface area contributed by atoms with E-state index < -0.39 is 11.9 Å². The average Bonchev–Trinajstić information content (AvgIpc) is 3.18. The molecule has 2 aromatic carbocycles. The fraction of sp³-hybridized carbons (Fsp3) is 0.250. The second-order valence-electron chi connectivity index (χ2n) is 7.11. The van der Waals surface area contributed by atoms with Gasteiger partial charge in [-0.25, -0.2) is 9.78 Å². The summed E-state index contributed by atoms with van der Waals surface area (Å²) in [6.07, 6.45) is 0.513. The molecule has 0 aliphatic rings. The van der Waals surface area contributed by atoms with Crippen LogP contribution in [0, 0.1) is 13.8 Å². The molecule has 31 heavy (non-hydrogen) atoms. The molecule has 0 aliphatic heterocycles. The zero-order valence-electron chi connectivity index (χ0n) is 18.0. The van der Waals surface area contributed by atoms with E-state index >= 15 is 0 Å². The Labute approximate surface area is 180 Å². The third-order valence-electron chi connectivity index (χ3n) is 5.02. The van der Waals surface area contributed by atoms with Gasteiger partial charge in [0.2, 0.25) is 5.95 Å². The van der Waals surface area contributed by atoms with Gasteiger partial charge in [-0.2, -0.15) is 0 Å². The molecule has 0 saturated heterocycles. The number of ketones is 1. The average molecular weight is 419 g/mol. The molecule has 7 heteroatoms. The van der Waals surface area contributed by atoms with Crippen LogP contribution in [0.5, 0.6) is 0 Å². The third kappa shape index (κ3) is 4.71. The van der Waals surface area contributed by atoms with Crippen LogP contribution in [0.15, 0.2) is 42.5 Å². The summed E-state index contributed by atoms with van der Waals surface area (Å²) in [4.78, 5) is 45.2. The molecule has 0 bridgehead atoms. The van der Waals surface area contributed by atoms with Crippen molar-refractivity contribution in [3.63, 3.8) is 0 Å². The van der Waals surface area contributed by atoms with Crippen LogP contribution in [0.4, 0.5) is 5.95 Å². The topological polar surface area (TPSA) is 101 Å². The summed E-state index contributed by atoms with van der Waals surface area (Å²) >= 11 is 0. The number of hydrogen-bond acceptors (Lipinski definition) is 5. The first-order valence-electron chi connectivity index (χ1n) is 10.1. The molecule has 3 aromatic rings. The molecule has 0 saturated carbocycles. The number of rotatable bonds is 7. The summed E-state index contributed by atoms with van der Waals surface area (Å²) < 4.78 is 5.01. The molecule has 1 aromatic heterocycles. The molecule has 0 unspecified atom stereocenters. The highest BCUT2D eigenvalue weighted by molar-refractivity contribution is 6.17. The highest BCUT2D eigenvalue weighted by Gasteiger charge is 2.22. The van der Waals surface area contributed by atoms with Crippen LogP contribution >= 0.6 is 0 Å². The Bertz CT molecular complexity index is 1150. The molecule has 1 heterocycles. The molecule has 0 fully saturated rings. The lowest BCUT2D eigenvalue weighted by Crippen LogP contribution is -2.18. The fourth-order valence-electron chi connectivity index (χ4n) is 3.18. The highest BCUT2D eigenvalue weighted by Crippen LogP contribution is 2.19. The Morgan fingerprint density at radius 1 is 1.00 bits per heavy atom. The SMILES string of the molecule is CCOC(=O)c1nc(NC(=O)c2ccccc2C(=O)c2ccc(C)c(C)c2)[nH]c1CC. The van der Waals surface area contributed by atoms with Gasteiger partial charge in [0.1, 0.15) is 0 Å². The van der Waals surface area contributed by atoms with Crippen LogP contribution in [-0.2, 0) is 11.2 Å². The lowest BCUT2D eigenvalue weighted by Gasteiger charge is -2.09. The number of imidazole rings is 1. The summed E-state index contributed by atoms with van der Waals surface area (Å²) in [6, 6.07) is 12.1. The highest BCUT2D eigenvalue weighted by atomic mass is 16.5. The molecule has 3 rings (SSSR count). The first-order chi connectivity index (χ1) is 14.8. The van der Waals surface area contributed by atoms with Crippen molar-refractivity contribution in [1.29, 1.82) is 0 Å². The number of hydrogen-bond donors (Lipinski definition) is 2. The maximum atomic E-state index is 13.1. The molecular formula is C24H25N3O4. The third-order valence-corrected chi connectivity index (χ3v) is 5.02. The van der Waals surface area contributed by atoms with E-state index in [9.17, 15) is 14.4 Å². The number of benzene rings is 2. The van der Waals surface area contributed by atoms with Crippen molar-refractivity contribution in [2.75, 3.05) is 11.9 Å². The standard InChI is InChI=1S/C24H25N3O4/c1-5-19-20(23(30)31-6-2)26-24(25-19)27-22(29)18-10-8-7-9-17(18)21(28)16-12-11-14(3)15(4)13-16/h7-13H,5-6H2,1-4H3,(H2,25,26,27,29). The molecule has 0 atom stereocenters. The van der Waals surface area contributed by atoms with E-state index in [-0.39, 0.29) is 35.2 Å². The first kappa shape index (κ1) is 22.0. The number of aryl methyl sites for hydroxylation is 3. The number of anilines is 1. The second kappa shape index (κ2) is 9.38. The number of aromatic amines is 1. The van der Waals surface area contributed by atoms with E-state index in [2.05, 4.69) is 15.3 Å². The maximum Gasteiger partial charge on any atom is 0.358 e. The fourth-order valence-corrected chi connectivity index (χ4v) is 3.18. The number of amides is 1. The van der Waals surface area contributed by atoms with E-state index in [4.69, 9.17) is 4.74 Å². The minimum atomic E-state index is -0.554. The summed E-state index contributed by atoms with van der Waals surface area (Å²) in [5.74, 6) is -1.17. The van der Waals surface area contributed by atoms with Gasteiger partial charge in [0.05, 0.1) is 17.9 Å². The van der Waals surface area contributed by atoms with Crippen molar-refractivity contribution >= 4 is 23.6 Å². The normalized spacial score (nSPS) is 10.6. The van der Waals surface area contributed by atoms with Crippen LogP contribution in [0.2, 0.25) is 0 Å². The van der Waals surface area contributed by atoms with Gasteiger partial charge in [-0.05, 0) is 50.5 Å². The van der Waals surface area contributed by atoms with Gasteiger partial charge in [0.15, 0.2) is 11.5 Å². The van der Waals surface area contributed by atoms with E-state index in [0.29, 0.717) is 17.7 Å². The van der Waals surface area contributed by atoms with Crippen molar-refractivity contribution < 1.29 is 19.1 Å². The zero-order valence-corrected chi connectivity index (χ0v) is 18.0. The number of aromatic nitrogens is 2. The molecule has 0 spiro atoms. The molecule has 7 nitrogen and oxygen atoms in total. The second-order valence-corrected chi connectivity index (χ2v) is 7.11. The largest absolute Gasteiger partial charge is 0.461 e. The minimum Gasteiger partial charge on any atom is -0.461 e. The Hall–Kier alpha value is -3.74. The Morgan fingerprint density at radius 3 is 2.35 bits per heavy atom. The van der Waals surface area contributed by atoms with Gasteiger partial charge in [-0.1, -0.05) is 37.3 Å². The lowest BCUT2D eigenvalue weighted by molar-refractivity contribution is 0.0518. The van der Waals surface area contributed by atoms with Crippen molar-refractivity contribution in [3.05, 3.63) is 81.7 Å². The predicted octanol–water partition coefficient (Wildman–Crippen LogP) is 4.25. The van der Waals surface area contributed by atoms with Crippen LogP contribution in [0.25, 0.3) is 0 Å². The Balaban J connectivity index is 1.89. The number of carbonyl (C=O) groups is 3. The monoisotopic (exact) mass is 419 g/mol. The van der Waals surface area contributed by atoms with E-state index in [1.165, 1.54) is 0 Å². The van der Waals surface area contributed by atoms with Crippen molar-refractivity contribution in [2.45, 2.75) is 34.1 Å². The van der Waals surface area contributed by atoms with Gasteiger partial charge in [0, 0.05) is 11.1 Å². The van der Waals surface area contributed by atoms with Crippen LogP contribution in [-0.4, -0.2) is 34.2 Å². The van der Waals surface area contributed by atoms with Gasteiger partial charge >= 0.3 is 5.97 Å². The predicted molar refractivity (Wildman–Crippen MR) is 118 cm³/mol. The van der Waals surface area contributed by atoms with Crippen molar-refractivity contribution in [3.8, 4) is 0 Å². The Kier molecular flexibility index (Phi) is 6.65. The van der Waals surface area contributed by atoms with Crippen molar-refractivity contribution in [2.24, 2.45) is 0 Å². The number of nitrogens with one attached hydrogen (secondary N) is 2. The number of carbonyl (C=O) groups excluding carboxylic acids is 3. The van der Waals surface area contributed by atoms with Crippen LogP contribution in [0.1, 0.15) is 67.4 Å². The summed E-state index contributed by atoms with van der Waals surface area (Å²) in [5.41, 5.74) is 3.81. The number of esters is 1. The molecule has 1 amide bonds. The van der Waals surface area contributed by atoms with E-state index in [1.54, 1.807) is 37.3 Å². The van der Waals surface area contributed by atoms with Crippen LogP contribution < -0.4 is 5.32 Å².